The van der Waals surface area contributed by atoms with Crippen LogP contribution in [0.5, 0.6) is 6.01 Å². The number of hydrogen-bond donors (Lipinski definition) is 2. The number of amides is 1. The van der Waals surface area contributed by atoms with Crippen molar-refractivity contribution in [2.45, 2.75) is 6.92 Å². The van der Waals surface area contributed by atoms with Gasteiger partial charge in [0.2, 0.25) is 5.95 Å². The second-order valence-electron chi connectivity index (χ2n) is 3.60. The molecule has 1 heterocycles. The summed E-state index contributed by atoms with van der Waals surface area (Å²) in [6.45, 7) is 2.09. The number of nitrogens with one attached hydrogen (secondary N) is 2. The Balaban J connectivity index is 2.17. The molecule has 0 radical (unpaired) electrons. The zero-order valence-electron chi connectivity index (χ0n) is 10.2. The Morgan fingerprint density at radius 3 is 2.90 bits per heavy atom. The maximum atomic E-state index is 13.5. The lowest BCUT2D eigenvalue weighted by Crippen LogP contribution is -2.15. The molecule has 9 heteroatoms. The van der Waals surface area contributed by atoms with Crippen LogP contribution in [-0.4, -0.2) is 27.7 Å². The van der Waals surface area contributed by atoms with Gasteiger partial charge in [-0.25, -0.2) is 13.9 Å². The molecule has 0 spiro atoms. The average molecular weight is 303 g/mol. The van der Waals surface area contributed by atoms with Gasteiger partial charge in [-0.2, -0.15) is 4.98 Å². The summed E-state index contributed by atoms with van der Waals surface area (Å²) in [5, 5.41) is 7.84. The fraction of sp³-hybridized carbons (Fsp3) is 0.182. The van der Waals surface area contributed by atoms with Crippen LogP contribution in [0.15, 0.2) is 12.1 Å². The molecule has 6 nitrogen and oxygen atoms in total. The van der Waals surface area contributed by atoms with E-state index in [1.165, 1.54) is 0 Å². The first-order valence-electron chi connectivity index (χ1n) is 5.52. The molecule has 2 rings (SSSR count). The summed E-state index contributed by atoms with van der Waals surface area (Å²) >= 11 is 5.40. The van der Waals surface area contributed by atoms with Gasteiger partial charge in [-0.15, -0.1) is 5.10 Å². The van der Waals surface area contributed by atoms with Crippen LogP contribution in [0.2, 0.25) is 5.02 Å². The maximum absolute atomic E-state index is 13.5. The third kappa shape index (κ3) is 3.02. The molecule has 0 aliphatic heterocycles. The summed E-state index contributed by atoms with van der Waals surface area (Å²) in [5.41, 5.74) is -0.499. The van der Waals surface area contributed by atoms with Crippen LogP contribution in [0.3, 0.4) is 0 Å². The lowest BCUT2D eigenvalue weighted by molar-refractivity contribution is 0.102. The van der Waals surface area contributed by atoms with E-state index in [1.54, 1.807) is 6.92 Å². The highest BCUT2D eigenvalue weighted by Crippen LogP contribution is 2.20. The lowest BCUT2D eigenvalue weighted by atomic mass is 10.2. The minimum atomic E-state index is -0.946. The van der Waals surface area contributed by atoms with Gasteiger partial charge in [0.05, 0.1) is 17.2 Å². The molecular weight excluding hydrogens is 294 g/mol. The summed E-state index contributed by atoms with van der Waals surface area (Å²) in [5.74, 6) is -2.78. The topological polar surface area (TPSA) is 79.9 Å². The number of halogens is 3. The smallest absolute Gasteiger partial charge is 0.337 e. The van der Waals surface area contributed by atoms with Gasteiger partial charge in [0.25, 0.3) is 5.91 Å². The monoisotopic (exact) mass is 302 g/mol. The Morgan fingerprint density at radius 2 is 2.20 bits per heavy atom. The molecule has 2 N–H and O–H groups in total. The first-order chi connectivity index (χ1) is 9.51. The second kappa shape index (κ2) is 5.83. The van der Waals surface area contributed by atoms with E-state index in [0.29, 0.717) is 12.7 Å². The summed E-state index contributed by atoms with van der Waals surface area (Å²) in [7, 11) is 0. The van der Waals surface area contributed by atoms with E-state index in [4.69, 9.17) is 16.3 Å². The Morgan fingerprint density at radius 1 is 1.45 bits per heavy atom. The van der Waals surface area contributed by atoms with Crippen molar-refractivity contribution in [3.63, 3.8) is 0 Å². The van der Waals surface area contributed by atoms with Crippen LogP contribution < -0.4 is 10.1 Å². The van der Waals surface area contributed by atoms with Gasteiger partial charge in [0, 0.05) is 0 Å². The van der Waals surface area contributed by atoms with Crippen LogP contribution in [-0.2, 0) is 0 Å². The SMILES string of the molecule is CCOc1n[nH]c(NC(=O)c2cc(F)c(Cl)cc2F)n1. The summed E-state index contributed by atoms with van der Waals surface area (Å²) in [6, 6.07) is 1.45. The van der Waals surface area contributed by atoms with Gasteiger partial charge in [-0.1, -0.05) is 11.6 Å². The molecule has 1 aromatic heterocycles. The maximum Gasteiger partial charge on any atom is 0.337 e. The number of H-pyrrole nitrogens is 1. The Bertz CT molecular complexity index is 647. The van der Waals surface area contributed by atoms with Gasteiger partial charge >= 0.3 is 6.01 Å². The number of carbonyl (C=O) groups excluding carboxylic acids is 1. The normalized spacial score (nSPS) is 10.4. The number of ether oxygens (including phenoxy) is 1. The van der Waals surface area contributed by atoms with Crippen molar-refractivity contribution in [3.8, 4) is 6.01 Å². The highest BCUT2D eigenvalue weighted by atomic mass is 35.5. The molecule has 0 aliphatic carbocycles. The van der Waals surface area contributed by atoms with E-state index in [0.717, 1.165) is 6.07 Å². The number of nitrogens with zero attached hydrogens (tertiary/aromatic N) is 2. The van der Waals surface area contributed by atoms with Crippen molar-refractivity contribution < 1.29 is 18.3 Å². The number of hydrogen-bond acceptors (Lipinski definition) is 4. The quantitative estimate of drug-likeness (QED) is 0.850. The molecule has 106 valence electrons. The number of carbonyl (C=O) groups is 1. The number of anilines is 1. The molecule has 0 fully saturated rings. The van der Waals surface area contributed by atoms with Crippen molar-refractivity contribution in [1.29, 1.82) is 0 Å². The van der Waals surface area contributed by atoms with E-state index in [-0.39, 0.29) is 12.0 Å². The third-order valence-corrected chi connectivity index (χ3v) is 2.51. The molecule has 0 aliphatic rings. The van der Waals surface area contributed by atoms with E-state index >= 15 is 0 Å². The van der Waals surface area contributed by atoms with Crippen LogP contribution in [0.1, 0.15) is 17.3 Å². The number of aromatic nitrogens is 3. The minimum absolute atomic E-state index is 0.0329. The number of rotatable bonds is 4. The van der Waals surface area contributed by atoms with Crippen LogP contribution in [0, 0.1) is 11.6 Å². The summed E-state index contributed by atoms with van der Waals surface area (Å²) < 4.78 is 31.7. The molecule has 2 aromatic rings. The van der Waals surface area contributed by atoms with Gasteiger partial charge in [-0.3, -0.25) is 10.1 Å². The predicted molar refractivity (Wildman–Crippen MR) is 66.9 cm³/mol. The summed E-state index contributed by atoms with van der Waals surface area (Å²) in [6.07, 6.45) is 0. The fourth-order valence-electron chi connectivity index (χ4n) is 1.37. The van der Waals surface area contributed by atoms with Crippen molar-refractivity contribution >= 4 is 23.5 Å². The highest BCUT2D eigenvalue weighted by Gasteiger charge is 2.17. The molecule has 1 amide bonds. The van der Waals surface area contributed by atoms with Crippen molar-refractivity contribution in [3.05, 3.63) is 34.4 Å². The Hall–Kier alpha value is -2.22. The van der Waals surface area contributed by atoms with Crippen LogP contribution >= 0.6 is 11.6 Å². The van der Waals surface area contributed by atoms with E-state index in [2.05, 4.69) is 20.5 Å². The molecule has 0 saturated carbocycles. The predicted octanol–water partition coefficient (Wildman–Crippen LogP) is 2.39. The van der Waals surface area contributed by atoms with E-state index in [9.17, 15) is 13.6 Å². The number of benzene rings is 1. The highest BCUT2D eigenvalue weighted by molar-refractivity contribution is 6.30. The van der Waals surface area contributed by atoms with Crippen LogP contribution in [0.4, 0.5) is 14.7 Å². The standard InChI is InChI=1S/C11H9ClF2N4O2/c1-2-20-11-16-10(17-18-11)15-9(19)5-3-8(14)6(12)4-7(5)13/h3-4H,2H2,1H3,(H2,15,16,17,18,19). The number of aromatic amines is 1. The summed E-state index contributed by atoms with van der Waals surface area (Å²) in [4.78, 5) is 15.5. The van der Waals surface area contributed by atoms with E-state index in [1.807, 2.05) is 0 Å². The zero-order chi connectivity index (χ0) is 14.7. The average Bonchev–Trinajstić information content (AvgIpc) is 2.81. The molecule has 1 aromatic carbocycles. The molecule has 0 unspecified atom stereocenters. The van der Waals surface area contributed by atoms with Crippen molar-refractivity contribution in [1.82, 2.24) is 15.2 Å². The largest absolute Gasteiger partial charge is 0.463 e. The van der Waals surface area contributed by atoms with Crippen molar-refractivity contribution in [2.75, 3.05) is 11.9 Å². The Kier molecular flexibility index (Phi) is 4.14. The Labute approximate surface area is 117 Å². The molecule has 0 atom stereocenters. The first-order valence-corrected chi connectivity index (χ1v) is 5.90. The van der Waals surface area contributed by atoms with Crippen molar-refractivity contribution in [2.24, 2.45) is 0 Å². The second-order valence-corrected chi connectivity index (χ2v) is 4.01. The minimum Gasteiger partial charge on any atom is -0.463 e. The fourth-order valence-corrected chi connectivity index (χ4v) is 1.52. The van der Waals surface area contributed by atoms with E-state index < -0.39 is 28.1 Å². The lowest BCUT2D eigenvalue weighted by Gasteiger charge is -2.04. The molecule has 0 saturated heterocycles. The van der Waals surface area contributed by atoms with Gasteiger partial charge in [0.1, 0.15) is 11.6 Å². The molecular formula is C11H9ClF2N4O2. The molecule has 20 heavy (non-hydrogen) atoms. The van der Waals surface area contributed by atoms with Gasteiger partial charge < -0.3 is 4.74 Å². The third-order valence-electron chi connectivity index (χ3n) is 2.22. The zero-order valence-corrected chi connectivity index (χ0v) is 11.0. The van der Waals surface area contributed by atoms with Gasteiger partial charge in [0.15, 0.2) is 0 Å². The van der Waals surface area contributed by atoms with Gasteiger partial charge in [-0.05, 0) is 19.1 Å². The first kappa shape index (κ1) is 14.2. The van der Waals surface area contributed by atoms with Crippen LogP contribution in [0.25, 0.3) is 0 Å². The molecule has 0 bridgehead atoms.